The third-order valence-corrected chi connectivity index (χ3v) is 5.98. The summed E-state index contributed by atoms with van der Waals surface area (Å²) in [7, 11) is -4.33. The summed E-state index contributed by atoms with van der Waals surface area (Å²) in [6.07, 6.45) is -0.789. The van der Waals surface area contributed by atoms with E-state index in [1.165, 1.54) is 6.07 Å². The molecule has 0 spiro atoms. The third kappa shape index (κ3) is 10.1. The number of rotatable bonds is 6. The summed E-state index contributed by atoms with van der Waals surface area (Å²) in [5.41, 5.74) is 7.44. The van der Waals surface area contributed by atoms with Gasteiger partial charge in [-0.05, 0) is 84.1 Å². The van der Waals surface area contributed by atoms with Crippen LogP contribution in [-0.4, -0.2) is 47.2 Å². The first-order valence-electron chi connectivity index (χ1n) is 12.1. The average Bonchev–Trinajstić information content (AvgIpc) is 2.73. The van der Waals surface area contributed by atoms with E-state index in [2.05, 4.69) is 4.99 Å². The fraction of sp³-hybridized carbons (Fsp3) is 0.444. The van der Waals surface area contributed by atoms with Gasteiger partial charge in [-0.25, -0.2) is 14.5 Å². The molecule has 0 unspecified atom stereocenters. The summed E-state index contributed by atoms with van der Waals surface area (Å²) in [4.78, 5) is 29.7. The molecule has 0 heterocycles. The monoisotopic (exact) mass is 547 g/mol. The summed E-state index contributed by atoms with van der Waals surface area (Å²) in [6.45, 7) is 12.0. The predicted octanol–water partition coefficient (Wildman–Crippen LogP) is 5.01. The van der Waals surface area contributed by atoms with E-state index < -0.39 is 33.5 Å². The van der Waals surface area contributed by atoms with Gasteiger partial charge < -0.3 is 15.2 Å². The minimum absolute atomic E-state index is 0.0158. The number of carbonyl (C=O) groups excluding carboxylic acids is 2. The van der Waals surface area contributed by atoms with Crippen LogP contribution in [0.4, 0.5) is 9.59 Å². The largest absolute Gasteiger partial charge is 0.443 e. The quantitative estimate of drug-likeness (QED) is 0.291. The number of carbonyl (C=O) groups is 2. The SMILES string of the molecule is Cc1ccc(S(=O)(=O)O)c(CCc2ccc(CN(C(=O)OC(C)(C)C)C(N)=NC(=O)OC(C)(C)C)cc2)c1. The van der Waals surface area contributed by atoms with Crippen molar-refractivity contribution in [2.75, 3.05) is 0 Å². The van der Waals surface area contributed by atoms with Crippen LogP contribution in [0.5, 0.6) is 0 Å². The molecule has 0 aromatic heterocycles. The van der Waals surface area contributed by atoms with Gasteiger partial charge in [0.15, 0.2) is 0 Å². The molecule has 0 radical (unpaired) electrons. The molecule has 2 rings (SSSR count). The van der Waals surface area contributed by atoms with Gasteiger partial charge in [0, 0.05) is 0 Å². The number of benzene rings is 2. The van der Waals surface area contributed by atoms with Gasteiger partial charge in [-0.2, -0.15) is 8.42 Å². The molecule has 0 bridgehead atoms. The molecule has 0 atom stereocenters. The van der Waals surface area contributed by atoms with Crippen molar-refractivity contribution >= 4 is 28.3 Å². The summed E-state index contributed by atoms with van der Waals surface area (Å²) in [5.74, 6) is -0.366. The Labute approximate surface area is 224 Å². The van der Waals surface area contributed by atoms with E-state index in [0.29, 0.717) is 24.0 Å². The molecule has 10 nitrogen and oxygen atoms in total. The molecule has 2 aromatic carbocycles. The number of amides is 2. The lowest BCUT2D eigenvalue weighted by molar-refractivity contribution is 0.0356. The van der Waals surface area contributed by atoms with Gasteiger partial charge in [-0.15, -0.1) is 4.99 Å². The minimum Gasteiger partial charge on any atom is -0.443 e. The molecule has 0 saturated carbocycles. The van der Waals surface area contributed by atoms with Crippen molar-refractivity contribution in [2.45, 2.75) is 84.0 Å². The molecular weight excluding hydrogens is 510 g/mol. The molecule has 0 saturated heterocycles. The highest BCUT2D eigenvalue weighted by molar-refractivity contribution is 7.85. The molecule has 0 aliphatic heterocycles. The molecule has 0 fully saturated rings. The normalized spacial score (nSPS) is 12.7. The number of guanidine groups is 1. The second-order valence-electron chi connectivity index (χ2n) is 10.9. The number of nitrogens with two attached hydrogens (primary N) is 1. The average molecular weight is 548 g/mol. The van der Waals surface area contributed by atoms with Crippen LogP contribution in [0.3, 0.4) is 0 Å². The highest BCUT2D eigenvalue weighted by Gasteiger charge is 2.26. The molecular formula is C27H37N3O7S. The maximum Gasteiger partial charge on any atom is 0.437 e. The lowest BCUT2D eigenvalue weighted by Crippen LogP contribution is -2.44. The smallest absolute Gasteiger partial charge is 0.437 e. The zero-order valence-electron chi connectivity index (χ0n) is 22.9. The highest BCUT2D eigenvalue weighted by atomic mass is 32.2. The second kappa shape index (κ2) is 12.0. The van der Waals surface area contributed by atoms with E-state index >= 15 is 0 Å². The Kier molecular flexibility index (Phi) is 9.68. The third-order valence-electron chi connectivity index (χ3n) is 5.03. The van der Waals surface area contributed by atoms with Crippen molar-refractivity contribution in [3.8, 4) is 0 Å². The number of aryl methyl sites for hydroxylation is 3. The van der Waals surface area contributed by atoms with Crippen molar-refractivity contribution in [1.29, 1.82) is 0 Å². The van der Waals surface area contributed by atoms with E-state index in [9.17, 15) is 22.6 Å². The van der Waals surface area contributed by atoms with Gasteiger partial charge in [0.2, 0.25) is 5.96 Å². The van der Waals surface area contributed by atoms with Crippen molar-refractivity contribution in [3.63, 3.8) is 0 Å². The molecule has 0 aliphatic carbocycles. The Hall–Kier alpha value is -3.44. The number of hydrogen-bond donors (Lipinski definition) is 2. The van der Waals surface area contributed by atoms with Crippen LogP contribution in [0.1, 0.15) is 63.8 Å². The fourth-order valence-electron chi connectivity index (χ4n) is 3.42. The first-order chi connectivity index (χ1) is 17.3. The minimum atomic E-state index is -4.33. The predicted molar refractivity (Wildman–Crippen MR) is 144 cm³/mol. The van der Waals surface area contributed by atoms with Gasteiger partial charge in [-0.1, -0.05) is 42.0 Å². The number of nitrogens with zero attached hydrogens (tertiary/aromatic N) is 2. The summed E-state index contributed by atoms with van der Waals surface area (Å²) < 4.78 is 43.6. The van der Waals surface area contributed by atoms with Gasteiger partial charge >= 0.3 is 12.2 Å². The molecule has 0 aliphatic rings. The van der Waals surface area contributed by atoms with Crippen molar-refractivity contribution < 1.29 is 32.0 Å². The molecule has 11 heteroatoms. The molecule has 208 valence electrons. The van der Waals surface area contributed by atoms with E-state index in [-0.39, 0.29) is 17.4 Å². The Morgan fingerprint density at radius 1 is 0.921 bits per heavy atom. The highest BCUT2D eigenvalue weighted by Crippen LogP contribution is 2.20. The summed E-state index contributed by atoms with van der Waals surface area (Å²) in [6, 6.07) is 12.0. The number of hydrogen-bond acceptors (Lipinski definition) is 6. The molecule has 3 N–H and O–H groups in total. The number of aliphatic imine (C=N–C) groups is 1. The van der Waals surface area contributed by atoms with E-state index in [1.807, 2.05) is 19.1 Å². The lowest BCUT2D eigenvalue weighted by Gasteiger charge is -2.27. The maximum absolute atomic E-state index is 12.9. The summed E-state index contributed by atoms with van der Waals surface area (Å²) >= 11 is 0. The Morgan fingerprint density at radius 2 is 1.47 bits per heavy atom. The van der Waals surface area contributed by atoms with Crippen LogP contribution in [0.15, 0.2) is 52.4 Å². The fourth-order valence-corrected chi connectivity index (χ4v) is 4.16. The van der Waals surface area contributed by atoms with Gasteiger partial charge in [0.25, 0.3) is 10.1 Å². The van der Waals surface area contributed by atoms with Crippen LogP contribution < -0.4 is 5.73 Å². The van der Waals surface area contributed by atoms with Crippen molar-refractivity contribution in [2.24, 2.45) is 10.7 Å². The zero-order chi connectivity index (χ0) is 28.9. The molecule has 38 heavy (non-hydrogen) atoms. The van der Waals surface area contributed by atoms with Crippen molar-refractivity contribution in [3.05, 3.63) is 64.7 Å². The van der Waals surface area contributed by atoms with E-state index in [1.54, 1.807) is 65.8 Å². The lowest BCUT2D eigenvalue weighted by atomic mass is 10.0. The Morgan fingerprint density at radius 3 is 2.00 bits per heavy atom. The zero-order valence-corrected chi connectivity index (χ0v) is 23.8. The maximum atomic E-state index is 12.9. The number of ether oxygens (including phenoxy) is 2. The van der Waals surface area contributed by atoms with Gasteiger partial charge in [0.1, 0.15) is 11.2 Å². The first-order valence-corrected chi connectivity index (χ1v) is 13.5. The second-order valence-corrected chi connectivity index (χ2v) is 12.3. The topological polar surface area (TPSA) is 149 Å². The summed E-state index contributed by atoms with van der Waals surface area (Å²) in [5, 5.41) is 0. The van der Waals surface area contributed by atoms with Gasteiger partial charge in [-0.3, -0.25) is 4.55 Å². The van der Waals surface area contributed by atoms with Crippen LogP contribution in [0.2, 0.25) is 0 Å². The molecule has 2 aromatic rings. The van der Waals surface area contributed by atoms with E-state index in [4.69, 9.17) is 15.2 Å². The van der Waals surface area contributed by atoms with Crippen LogP contribution in [0.25, 0.3) is 0 Å². The van der Waals surface area contributed by atoms with Crippen LogP contribution >= 0.6 is 0 Å². The van der Waals surface area contributed by atoms with Gasteiger partial charge in [0.05, 0.1) is 11.4 Å². The van der Waals surface area contributed by atoms with Crippen LogP contribution in [0, 0.1) is 6.92 Å². The Bertz CT molecular complexity index is 1290. The molecule has 2 amide bonds. The van der Waals surface area contributed by atoms with Crippen molar-refractivity contribution in [1.82, 2.24) is 4.90 Å². The first kappa shape index (κ1) is 30.8. The Balaban J connectivity index is 2.22. The standard InChI is InChI=1S/C27H37N3O7S/c1-18-8-15-22(38(33,34)35)21(16-18)14-13-19-9-11-20(12-10-19)17-30(25(32)37-27(5,6)7)23(28)29-24(31)36-26(2,3)4/h8-12,15-16H,13-14,17H2,1-7H3,(H2,28,29,31)(H,33,34,35). The van der Waals surface area contributed by atoms with Crippen LogP contribution in [-0.2, 0) is 39.0 Å². The van der Waals surface area contributed by atoms with E-state index in [0.717, 1.165) is 16.0 Å².